The smallest absolute Gasteiger partial charge is 0.219 e. The van der Waals surface area contributed by atoms with Gasteiger partial charge >= 0.3 is 0 Å². The Morgan fingerprint density at radius 2 is 1.62 bits per heavy atom. The van der Waals surface area contributed by atoms with E-state index < -0.39 is 0 Å². The van der Waals surface area contributed by atoms with Crippen LogP contribution in [0.3, 0.4) is 0 Å². The van der Waals surface area contributed by atoms with Crippen LogP contribution in [0, 0.1) is 0 Å². The number of carbonyl (C=O) groups is 1. The van der Waals surface area contributed by atoms with E-state index in [0.717, 1.165) is 12.1 Å². The van der Waals surface area contributed by atoms with Gasteiger partial charge in [-0.15, -0.1) is 0 Å². The monoisotopic (exact) mass is 282 g/mol. The van der Waals surface area contributed by atoms with Gasteiger partial charge in [0, 0.05) is 18.7 Å². The van der Waals surface area contributed by atoms with Gasteiger partial charge in [-0.2, -0.15) is 0 Å². The molecule has 0 heterocycles. The molecule has 0 bridgehead atoms. The van der Waals surface area contributed by atoms with Gasteiger partial charge in [0.15, 0.2) is 0 Å². The van der Waals surface area contributed by atoms with E-state index in [9.17, 15) is 4.79 Å². The highest BCUT2D eigenvalue weighted by Crippen LogP contribution is 2.22. The third-order valence-electron chi connectivity index (χ3n) is 3.39. The van der Waals surface area contributed by atoms with E-state index >= 15 is 0 Å². The summed E-state index contributed by atoms with van der Waals surface area (Å²) >= 11 is 0. The van der Waals surface area contributed by atoms with Gasteiger partial charge in [-0.3, -0.25) is 4.79 Å². The summed E-state index contributed by atoms with van der Waals surface area (Å²) < 4.78 is 0. The van der Waals surface area contributed by atoms with Crippen LogP contribution in [0.15, 0.2) is 60.7 Å². The van der Waals surface area contributed by atoms with Crippen molar-refractivity contribution in [1.29, 1.82) is 0 Å². The molecule has 2 aromatic carbocycles. The molecule has 0 saturated heterocycles. The van der Waals surface area contributed by atoms with E-state index in [4.69, 9.17) is 0 Å². The Morgan fingerprint density at radius 1 is 1.00 bits per heavy atom. The lowest BCUT2D eigenvalue weighted by Gasteiger charge is -2.20. The minimum Gasteiger partial charge on any atom is -0.378 e. The van der Waals surface area contributed by atoms with E-state index in [1.807, 2.05) is 43.3 Å². The molecule has 3 nitrogen and oxygen atoms in total. The summed E-state index contributed by atoms with van der Waals surface area (Å²) in [6.45, 7) is 2.54. The van der Waals surface area contributed by atoms with Crippen molar-refractivity contribution in [3.8, 4) is 0 Å². The van der Waals surface area contributed by atoms with Gasteiger partial charge in [-0.05, 0) is 24.1 Å². The Morgan fingerprint density at radius 3 is 2.24 bits per heavy atom. The second-order valence-electron chi connectivity index (χ2n) is 4.97. The number of para-hydroxylation sites is 1. The van der Waals surface area contributed by atoms with E-state index in [1.54, 1.807) is 0 Å². The Kier molecular flexibility index (Phi) is 5.83. The van der Waals surface area contributed by atoms with E-state index in [0.29, 0.717) is 13.0 Å². The first-order chi connectivity index (χ1) is 10.3. The van der Waals surface area contributed by atoms with Crippen LogP contribution < -0.4 is 10.6 Å². The Balaban J connectivity index is 2.02. The molecule has 0 fully saturated rings. The third kappa shape index (κ3) is 4.95. The maximum Gasteiger partial charge on any atom is 0.219 e. The first-order valence-corrected chi connectivity index (χ1v) is 7.43. The highest BCUT2D eigenvalue weighted by molar-refractivity contribution is 5.75. The summed E-state index contributed by atoms with van der Waals surface area (Å²) in [6.07, 6.45) is 1.38. The van der Waals surface area contributed by atoms with E-state index in [-0.39, 0.29) is 11.9 Å². The zero-order chi connectivity index (χ0) is 14.9. The Bertz CT molecular complexity index is 540. The number of amides is 1. The molecule has 21 heavy (non-hydrogen) atoms. The molecule has 0 spiro atoms. The van der Waals surface area contributed by atoms with Crippen LogP contribution in [-0.2, 0) is 4.79 Å². The molecule has 110 valence electrons. The van der Waals surface area contributed by atoms with Crippen LogP contribution in [0.2, 0.25) is 0 Å². The van der Waals surface area contributed by atoms with Gasteiger partial charge in [0.05, 0.1) is 6.04 Å². The van der Waals surface area contributed by atoms with Crippen molar-refractivity contribution in [3.63, 3.8) is 0 Å². The number of benzene rings is 2. The molecule has 2 N–H and O–H groups in total. The highest BCUT2D eigenvalue weighted by Gasteiger charge is 2.11. The van der Waals surface area contributed by atoms with Crippen molar-refractivity contribution in [1.82, 2.24) is 5.32 Å². The lowest BCUT2D eigenvalue weighted by molar-refractivity contribution is -0.120. The minimum atomic E-state index is 0.0986. The first kappa shape index (κ1) is 15.1. The fourth-order valence-electron chi connectivity index (χ4n) is 2.22. The van der Waals surface area contributed by atoms with Gasteiger partial charge in [-0.25, -0.2) is 0 Å². The molecular weight excluding hydrogens is 260 g/mol. The quantitative estimate of drug-likeness (QED) is 0.812. The molecule has 2 aromatic rings. The molecule has 0 aromatic heterocycles. The molecule has 1 unspecified atom stereocenters. The summed E-state index contributed by atoms with van der Waals surface area (Å²) in [5.74, 6) is 0.0986. The lowest BCUT2D eigenvalue weighted by Crippen LogP contribution is -2.26. The second kappa shape index (κ2) is 8.10. The van der Waals surface area contributed by atoms with Crippen molar-refractivity contribution in [2.45, 2.75) is 25.8 Å². The maximum absolute atomic E-state index is 11.4. The molecule has 0 aliphatic rings. The van der Waals surface area contributed by atoms with Gasteiger partial charge in [-0.1, -0.05) is 55.5 Å². The normalized spacial score (nSPS) is 11.7. The molecule has 1 atom stereocenters. The summed E-state index contributed by atoms with van der Waals surface area (Å²) in [5.41, 5.74) is 2.32. The second-order valence-corrected chi connectivity index (χ2v) is 4.97. The van der Waals surface area contributed by atoms with Gasteiger partial charge in [0.1, 0.15) is 0 Å². The standard InChI is InChI=1S/C18H22N2O/c1-2-18(21)19-14-13-17(15-9-5-3-6-10-15)20-16-11-7-4-8-12-16/h3-12,17,20H,2,13-14H2,1H3,(H,19,21). The van der Waals surface area contributed by atoms with Gasteiger partial charge in [0.2, 0.25) is 5.91 Å². The van der Waals surface area contributed by atoms with Crippen LogP contribution in [0.4, 0.5) is 5.69 Å². The van der Waals surface area contributed by atoms with Crippen molar-refractivity contribution in [2.75, 3.05) is 11.9 Å². The Hall–Kier alpha value is -2.29. The number of carbonyl (C=O) groups excluding carboxylic acids is 1. The predicted molar refractivity (Wildman–Crippen MR) is 87.2 cm³/mol. The SMILES string of the molecule is CCC(=O)NCCC(Nc1ccccc1)c1ccccc1. The summed E-state index contributed by atoms with van der Waals surface area (Å²) in [7, 11) is 0. The molecule has 2 rings (SSSR count). The summed E-state index contributed by atoms with van der Waals surface area (Å²) in [6, 6.07) is 20.7. The number of rotatable bonds is 7. The highest BCUT2D eigenvalue weighted by atomic mass is 16.1. The molecule has 0 saturated carbocycles. The number of nitrogens with one attached hydrogen (secondary N) is 2. The van der Waals surface area contributed by atoms with Crippen molar-refractivity contribution in [3.05, 3.63) is 66.2 Å². The molecule has 1 amide bonds. The van der Waals surface area contributed by atoms with Crippen LogP contribution in [0.25, 0.3) is 0 Å². The van der Waals surface area contributed by atoms with E-state index in [1.165, 1.54) is 5.56 Å². The fraction of sp³-hybridized carbons (Fsp3) is 0.278. The molecule has 3 heteroatoms. The molecule has 0 aliphatic carbocycles. The lowest BCUT2D eigenvalue weighted by atomic mass is 10.0. The zero-order valence-corrected chi connectivity index (χ0v) is 12.4. The van der Waals surface area contributed by atoms with Crippen molar-refractivity contribution < 1.29 is 4.79 Å². The zero-order valence-electron chi connectivity index (χ0n) is 12.4. The third-order valence-corrected chi connectivity index (χ3v) is 3.39. The first-order valence-electron chi connectivity index (χ1n) is 7.43. The summed E-state index contributed by atoms with van der Waals surface area (Å²) in [5, 5.41) is 6.48. The van der Waals surface area contributed by atoms with E-state index in [2.05, 4.69) is 34.9 Å². The maximum atomic E-state index is 11.4. The average Bonchev–Trinajstić information content (AvgIpc) is 2.55. The van der Waals surface area contributed by atoms with Gasteiger partial charge < -0.3 is 10.6 Å². The van der Waals surface area contributed by atoms with Crippen molar-refractivity contribution in [2.24, 2.45) is 0 Å². The molecule has 0 radical (unpaired) electrons. The Labute approximate surface area is 126 Å². The fourth-order valence-corrected chi connectivity index (χ4v) is 2.22. The van der Waals surface area contributed by atoms with Gasteiger partial charge in [0.25, 0.3) is 0 Å². The van der Waals surface area contributed by atoms with Crippen LogP contribution >= 0.6 is 0 Å². The average molecular weight is 282 g/mol. The topological polar surface area (TPSA) is 41.1 Å². The number of hydrogen-bond donors (Lipinski definition) is 2. The molecule has 0 aliphatic heterocycles. The number of hydrogen-bond acceptors (Lipinski definition) is 2. The molecular formula is C18H22N2O. The number of anilines is 1. The minimum absolute atomic E-state index is 0.0986. The van der Waals surface area contributed by atoms with Crippen LogP contribution in [0.5, 0.6) is 0 Å². The predicted octanol–water partition coefficient (Wildman–Crippen LogP) is 3.76. The van der Waals surface area contributed by atoms with Crippen LogP contribution in [0.1, 0.15) is 31.4 Å². The largest absolute Gasteiger partial charge is 0.378 e. The summed E-state index contributed by atoms with van der Waals surface area (Å²) in [4.78, 5) is 11.4. The van der Waals surface area contributed by atoms with Crippen LogP contribution in [-0.4, -0.2) is 12.5 Å². The van der Waals surface area contributed by atoms with Crippen molar-refractivity contribution >= 4 is 11.6 Å².